The lowest BCUT2D eigenvalue weighted by atomic mass is 10.2. The van der Waals surface area contributed by atoms with Gasteiger partial charge in [0.25, 0.3) is 6.43 Å². The van der Waals surface area contributed by atoms with Crippen molar-refractivity contribution in [1.29, 1.82) is 0 Å². The molecule has 0 aliphatic carbocycles. The Morgan fingerprint density at radius 1 is 1.64 bits per heavy atom. The molecule has 0 aromatic heterocycles. The van der Waals surface area contributed by atoms with Gasteiger partial charge in [-0.05, 0) is 6.92 Å². The third-order valence-corrected chi connectivity index (χ3v) is 3.30. The molecule has 0 saturated heterocycles. The molecule has 0 amide bonds. The van der Waals surface area contributed by atoms with Gasteiger partial charge in [-0.25, -0.2) is 8.78 Å². The van der Waals surface area contributed by atoms with E-state index < -0.39 is 18.6 Å². The van der Waals surface area contributed by atoms with Crippen molar-refractivity contribution in [3.63, 3.8) is 0 Å². The summed E-state index contributed by atoms with van der Waals surface area (Å²) in [6, 6.07) is 0. The Hall–Kier alpha value is 0.840. The molecule has 0 bridgehead atoms. The zero-order valence-electron chi connectivity index (χ0n) is 6.12. The summed E-state index contributed by atoms with van der Waals surface area (Å²) in [6.45, 7) is 1.18. The molecule has 0 saturated carbocycles. The molecular formula is C6H10ClF2IO. The molecule has 0 fully saturated rings. The van der Waals surface area contributed by atoms with Crippen LogP contribution < -0.4 is 0 Å². The molecule has 1 atom stereocenters. The van der Waals surface area contributed by atoms with Crippen LogP contribution in [0.15, 0.2) is 0 Å². The maximum atomic E-state index is 11.7. The molecule has 0 spiro atoms. The molecule has 0 N–H and O–H groups in total. The van der Waals surface area contributed by atoms with Crippen molar-refractivity contribution >= 4 is 34.2 Å². The lowest BCUT2D eigenvalue weighted by Gasteiger charge is -2.24. The van der Waals surface area contributed by atoms with Crippen molar-refractivity contribution in [3.8, 4) is 0 Å². The average molecular weight is 298 g/mol. The molecule has 1 nitrogen and oxygen atoms in total. The highest BCUT2D eigenvalue weighted by Gasteiger charge is 2.23. The molecule has 11 heavy (non-hydrogen) atoms. The molecule has 0 heterocycles. The van der Waals surface area contributed by atoms with Crippen LogP contribution in [0.2, 0.25) is 0 Å². The summed E-state index contributed by atoms with van der Waals surface area (Å²) in [6.07, 6.45) is -2.42. The molecule has 1 unspecified atom stereocenters. The van der Waals surface area contributed by atoms with Gasteiger partial charge in [0.05, 0.1) is 11.5 Å². The van der Waals surface area contributed by atoms with Crippen molar-refractivity contribution in [3.05, 3.63) is 0 Å². The maximum Gasteiger partial charge on any atom is 0.261 e. The molecule has 0 aromatic rings. The van der Waals surface area contributed by atoms with Crippen LogP contribution >= 0.6 is 34.2 Å². The normalized spacial score (nSPS) is 16.9. The Kier molecular flexibility index (Phi) is 5.90. The Bertz CT molecular complexity index is 109. The Morgan fingerprint density at radius 3 is 2.45 bits per heavy atom. The Morgan fingerprint density at radius 2 is 2.18 bits per heavy atom. The summed E-state index contributed by atoms with van der Waals surface area (Å²) >= 11 is 7.58. The highest BCUT2D eigenvalue weighted by molar-refractivity contribution is 14.1. The van der Waals surface area contributed by atoms with Crippen LogP contribution in [0.5, 0.6) is 0 Å². The van der Waals surface area contributed by atoms with Gasteiger partial charge in [-0.2, -0.15) is 0 Å². The van der Waals surface area contributed by atoms with E-state index in [9.17, 15) is 8.78 Å². The first-order valence-corrected chi connectivity index (χ1v) is 5.14. The number of hydrogen-bond acceptors (Lipinski definition) is 1. The van der Waals surface area contributed by atoms with Gasteiger partial charge < -0.3 is 4.74 Å². The second-order valence-corrected chi connectivity index (χ2v) is 3.45. The van der Waals surface area contributed by atoms with E-state index in [0.717, 1.165) is 0 Å². The number of halogens is 4. The fourth-order valence-corrected chi connectivity index (χ4v) is 1.36. The SMILES string of the molecule is CC(CCl)(CI)OCC(F)F. The van der Waals surface area contributed by atoms with Crippen LogP contribution in [-0.2, 0) is 4.74 Å². The first kappa shape index (κ1) is 11.8. The van der Waals surface area contributed by atoms with E-state index in [-0.39, 0.29) is 5.88 Å². The lowest BCUT2D eigenvalue weighted by molar-refractivity contribution is -0.0543. The maximum absolute atomic E-state index is 11.7. The summed E-state index contributed by atoms with van der Waals surface area (Å²) in [4.78, 5) is 0. The lowest BCUT2D eigenvalue weighted by Crippen LogP contribution is -2.34. The summed E-state index contributed by atoms with van der Waals surface area (Å²) < 4.78 is 28.8. The number of hydrogen-bond donors (Lipinski definition) is 0. The predicted molar refractivity (Wildman–Crippen MR) is 50.0 cm³/mol. The van der Waals surface area contributed by atoms with Crippen molar-refractivity contribution in [2.75, 3.05) is 16.9 Å². The minimum absolute atomic E-state index is 0.239. The minimum Gasteiger partial charge on any atom is -0.367 e. The zero-order valence-corrected chi connectivity index (χ0v) is 9.03. The quantitative estimate of drug-likeness (QED) is 0.560. The second kappa shape index (κ2) is 5.48. The van der Waals surface area contributed by atoms with Gasteiger partial charge in [-0.15, -0.1) is 11.6 Å². The van der Waals surface area contributed by atoms with Gasteiger partial charge >= 0.3 is 0 Å². The minimum atomic E-state index is -2.42. The average Bonchev–Trinajstić information content (AvgIpc) is 2.00. The largest absolute Gasteiger partial charge is 0.367 e. The number of rotatable bonds is 5. The van der Waals surface area contributed by atoms with Crippen LogP contribution in [0.4, 0.5) is 8.78 Å². The van der Waals surface area contributed by atoms with Crippen LogP contribution in [0.1, 0.15) is 6.92 Å². The standard InChI is InChI=1S/C6H10ClF2IO/c1-6(3-7,4-10)11-2-5(8)9/h5H,2-4H2,1H3. The summed E-state index contributed by atoms with van der Waals surface area (Å²) in [7, 11) is 0. The van der Waals surface area contributed by atoms with E-state index >= 15 is 0 Å². The first-order valence-electron chi connectivity index (χ1n) is 3.08. The molecule has 5 heteroatoms. The van der Waals surface area contributed by atoms with Gasteiger partial charge in [0.2, 0.25) is 0 Å². The van der Waals surface area contributed by atoms with Crippen molar-refractivity contribution in [1.82, 2.24) is 0 Å². The second-order valence-electron chi connectivity index (χ2n) is 2.42. The van der Waals surface area contributed by atoms with Gasteiger partial charge in [0, 0.05) is 4.43 Å². The van der Waals surface area contributed by atoms with Crippen molar-refractivity contribution < 1.29 is 13.5 Å². The van der Waals surface area contributed by atoms with E-state index in [1.54, 1.807) is 6.92 Å². The smallest absolute Gasteiger partial charge is 0.261 e. The van der Waals surface area contributed by atoms with Crippen molar-refractivity contribution in [2.24, 2.45) is 0 Å². The third kappa shape index (κ3) is 5.14. The fraction of sp³-hybridized carbons (Fsp3) is 1.00. The summed E-state index contributed by atoms with van der Waals surface area (Å²) in [5.41, 5.74) is -0.613. The van der Waals surface area contributed by atoms with Crippen LogP contribution in [0, 0.1) is 0 Å². The molecular weight excluding hydrogens is 288 g/mol. The monoisotopic (exact) mass is 298 g/mol. The highest BCUT2D eigenvalue weighted by Crippen LogP contribution is 2.16. The van der Waals surface area contributed by atoms with E-state index in [4.69, 9.17) is 16.3 Å². The van der Waals surface area contributed by atoms with E-state index in [1.807, 2.05) is 0 Å². The first-order chi connectivity index (χ1) is 5.04. The van der Waals surface area contributed by atoms with Crippen LogP contribution in [0.25, 0.3) is 0 Å². The molecule has 0 aliphatic rings. The van der Waals surface area contributed by atoms with Crippen LogP contribution in [0.3, 0.4) is 0 Å². The summed E-state index contributed by atoms with van der Waals surface area (Å²) in [5.74, 6) is 0.239. The van der Waals surface area contributed by atoms with Crippen LogP contribution in [-0.4, -0.2) is 28.9 Å². The van der Waals surface area contributed by atoms with E-state index in [1.165, 1.54) is 0 Å². The fourth-order valence-electron chi connectivity index (χ4n) is 0.377. The van der Waals surface area contributed by atoms with E-state index in [2.05, 4.69) is 22.6 Å². The number of ether oxygens (including phenoxy) is 1. The topological polar surface area (TPSA) is 9.23 Å². The Labute approximate surface area is 83.6 Å². The summed E-state index contributed by atoms with van der Waals surface area (Å²) in [5, 5.41) is 0. The molecule has 0 rings (SSSR count). The van der Waals surface area contributed by atoms with Gasteiger partial charge in [-0.1, -0.05) is 22.6 Å². The van der Waals surface area contributed by atoms with E-state index in [0.29, 0.717) is 4.43 Å². The zero-order chi connectivity index (χ0) is 8.91. The third-order valence-electron chi connectivity index (χ3n) is 1.12. The predicted octanol–water partition coefficient (Wildman–Crippen LogP) is 2.70. The van der Waals surface area contributed by atoms with Gasteiger partial charge in [0.1, 0.15) is 6.61 Å². The Balaban J connectivity index is 3.69. The van der Waals surface area contributed by atoms with Gasteiger partial charge in [-0.3, -0.25) is 0 Å². The molecule has 68 valence electrons. The number of alkyl halides is 4. The van der Waals surface area contributed by atoms with Gasteiger partial charge in [0.15, 0.2) is 0 Å². The molecule has 0 aliphatic heterocycles. The molecule has 0 radical (unpaired) electrons. The van der Waals surface area contributed by atoms with Crippen molar-refractivity contribution in [2.45, 2.75) is 19.0 Å². The molecule has 0 aromatic carbocycles. The highest BCUT2D eigenvalue weighted by atomic mass is 127.